The summed E-state index contributed by atoms with van der Waals surface area (Å²) in [5.41, 5.74) is 0.906. The highest BCUT2D eigenvalue weighted by atomic mass is 35.5. The first-order valence-corrected chi connectivity index (χ1v) is 7.89. The maximum absolute atomic E-state index is 12.4. The molecule has 1 fully saturated rings. The summed E-state index contributed by atoms with van der Waals surface area (Å²) in [4.78, 5) is 26.3. The predicted octanol–water partition coefficient (Wildman–Crippen LogP) is 1.75. The standard InChI is InChI=1S/C16H21ClN2O3/c1-2-19-14(21)8-7-13(16(22)18-9-10-20)15(19)11-3-5-12(17)6-4-11/h3-6,13,15,20H,2,7-10H2,1H3,(H,18,22)/t13-,15+/m1/s1. The zero-order valence-corrected chi connectivity index (χ0v) is 13.3. The van der Waals surface area contributed by atoms with Crippen molar-refractivity contribution in [1.82, 2.24) is 10.2 Å². The van der Waals surface area contributed by atoms with Crippen molar-refractivity contribution in [2.75, 3.05) is 19.7 Å². The van der Waals surface area contributed by atoms with Crippen LogP contribution in [-0.2, 0) is 9.59 Å². The zero-order chi connectivity index (χ0) is 16.1. The van der Waals surface area contributed by atoms with Crippen molar-refractivity contribution in [3.05, 3.63) is 34.9 Å². The van der Waals surface area contributed by atoms with Gasteiger partial charge in [-0.3, -0.25) is 9.59 Å². The Balaban J connectivity index is 2.31. The lowest BCUT2D eigenvalue weighted by Crippen LogP contribution is -2.48. The molecule has 1 aromatic carbocycles. The number of aliphatic hydroxyl groups is 1. The molecule has 2 amide bonds. The van der Waals surface area contributed by atoms with E-state index >= 15 is 0 Å². The van der Waals surface area contributed by atoms with Crippen LogP contribution in [0.5, 0.6) is 0 Å². The number of hydrogen-bond donors (Lipinski definition) is 2. The fourth-order valence-electron chi connectivity index (χ4n) is 2.98. The van der Waals surface area contributed by atoms with Crippen LogP contribution in [0.1, 0.15) is 31.4 Å². The van der Waals surface area contributed by atoms with E-state index in [-0.39, 0.29) is 36.9 Å². The largest absolute Gasteiger partial charge is 0.395 e. The van der Waals surface area contributed by atoms with E-state index in [0.717, 1.165) is 5.56 Å². The fraction of sp³-hybridized carbons (Fsp3) is 0.500. The Bertz CT molecular complexity index is 533. The molecule has 1 aromatic rings. The minimum absolute atomic E-state index is 0.0636. The molecule has 0 spiro atoms. The van der Waals surface area contributed by atoms with Crippen LogP contribution in [0.2, 0.25) is 5.02 Å². The minimum Gasteiger partial charge on any atom is -0.395 e. The van der Waals surface area contributed by atoms with Crippen LogP contribution in [0.4, 0.5) is 0 Å². The number of carbonyl (C=O) groups is 2. The molecular weight excluding hydrogens is 304 g/mol. The lowest BCUT2D eigenvalue weighted by atomic mass is 9.83. The maximum atomic E-state index is 12.4. The lowest BCUT2D eigenvalue weighted by molar-refractivity contribution is -0.143. The molecule has 5 nitrogen and oxygen atoms in total. The highest BCUT2D eigenvalue weighted by Gasteiger charge is 2.39. The van der Waals surface area contributed by atoms with Crippen LogP contribution in [0, 0.1) is 5.92 Å². The second-order valence-electron chi connectivity index (χ2n) is 5.34. The molecule has 0 bridgehead atoms. The molecule has 2 N–H and O–H groups in total. The molecule has 1 saturated heterocycles. The van der Waals surface area contributed by atoms with Gasteiger partial charge in [-0.1, -0.05) is 23.7 Å². The van der Waals surface area contributed by atoms with Crippen molar-refractivity contribution in [3.63, 3.8) is 0 Å². The van der Waals surface area contributed by atoms with Gasteiger partial charge in [0.25, 0.3) is 0 Å². The topological polar surface area (TPSA) is 69.6 Å². The van der Waals surface area contributed by atoms with Gasteiger partial charge in [0.2, 0.25) is 11.8 Å². The van der Waals surface area contributed by atoms with E-state index in [0.29, 0.717) is 24.4 Å². The van der Waals surface area contributed by atoms with E-state index < -0.39 is 0 Å². The number of benzene rings is 1. The molecule has 6 heteroatoms. The van der Waals surface area contributed by atoms with Crippen molar-refractivity contribution < 1.29 is 14.7 Å². The van der Waals surface area contributed by atoms with Gasteiger partial charge in [-0.05, 0) is 31.0 Å². The Morgan fingerprint density at radius 1 is 1.41 bits per heavy atom. The maximum Gasteiger partial charge on any atom is 0.225 e. The van der Waals surface area contributed by atoms with E-state index in [1.807, 2.05) is 19.1 Å². The summed E-state index contributed by atoms with van der Waals surface area (Å²) in [5.74, 6) is -0.376. The number of piperidine rings is 1. The van der Waals surface area contributed by atoms with Crippen LogP contribution >= 0.6 is 11.6 Å². The quantitative estimate of drug-likeness (QED) is 0.867. The van der Waals surface area contributed by atoms with E-state index in [1.54, 1.807) is 17.0 Å². The summed E-state index contributed by atoms with van der Waals surface area (Å²) in [6, 6.07) is 6.97. The lowest BCUT2D eigenvalue weighted by Gasteiger charge is -2.40. The molecule has 0 radical (unpaired) electrons. The van der Waals surface area contributed by atoms with Crippen LogP contribution < -0.4 is 5.32 Å². The molecule has 2 atom stereocenters. The van der Waals surface area contributed by atoms with Gasteiger partial charge in [-0.15, -0.1) is 0 Å². The van der Waals surface area contributed by atoms with Crippen LogP contribution in [0.15, 0.2) is 24.3 Å². The Hall–Kier alpha value is -1.59. The third-order valence-electron chi connectivity index (χ3n) is 4.01. The van der Waals surface area contributed by atoms with Gasteiger partial charge in [0, 0.05) is 24.5 Å². The molecule has 0 aromatic heterocycles. The average Bonchev–Trinajstić information content (AvgIpc) is 2.53. The smallest absolute Gasteiger partial charge is 0.225 e. The van der Waals surface area contributed by atoms with E-state index in [1.165, 1.54) is 0 Å². The Labute approximate surface area is 135 Å². The molecule has 2 rings (SSSR count). The number of nitrogens with one attached hydrogen (secondary N) is 1. The number of hydrogen-bond acceptors (Lipinski definition) is 3. The summed E-state index contributed by atoms with van der Waals surface area (Å²) in [7, 11) is 0. The fourth-order valence-corrected chi connectivity index (χ4v) is 3.11. The number of nitrogens with zero attached hydrogens (tertiary/aromatic N) is 1. The number of amides is 2. The van der Waals surface area contributed by atoms with E-state index in [9.17, 15) is 9.59 Å². The Morgan fingerprint density at radius 3 is 2.68 bits per heavy atom. The summed E-state index contributed by atoms with van der Waals surface area (Å²) in [6.07, 6.45) is 0.884. The summed E-state index contributed by atoms with van der Waals surface area (Å²) in [5, 5.41) is 12.2. The molecule has 1 heterocycles. The van der Waals surface area contributed by atoms with E-state index in [2.05, 4.69) is 5.32 Å². The highest BCUT2D eigenvalue weighted by molar-refractivity contribution is 6.30. The van der Waals surface area contributed by atoms with Crippen LogP contribution in [0.25, 0.3) is 0 Å². The summed E-state index contributed by atoms with van der Waals surface area (Å²) >= 11 is 5.93. The molecule has 0 unspecified atom stereocenters. The monoisotopic (exact) mass is 324 g/mol. The second kappa shape index (κ2) is 7.61. The van der Waals surface area contributed by atoms with Crippen molar-refractivity contribution in [1.29, 1.82) is 0 Å². The van der Waals surface area contributed by atoms with Crippen LogP contribution in [0.3, 0.4) is 0 Å². The number of halogens is 1. The van der Waals surface area contributed by atoms with Gasteiger partial charge in [-0.25, -0.2) is 0 Å². The van der Waals surface area contributed by atoms with Crippen molar-refractivity contribution in [2.45, 2.75) is 25.8 Å². The molecule has 0 aliphatic carbocycles. The molecule has 1 aliphatic rings. The predicted molar refractivity (Wildman–Crippen MR) is 84.4 cm³/mol. The first-order valence-electron chi connectivity index (χ1n) is 7.52. The SMILES string of the molecule is CCN1C(=O)CC[C@@H](C(=O)NCCO)[C@@H]1c1ccc(Cl)cc1. The van der Waals surface area contributed by atoms with Gasteiger partial charge in [-0.2, -0.15) is 0 Å². The molecular formula is C16H21ClN2O3. The number of carbonyl (C=O) groups excluding carboxylic acids is 2. The third kappa shape index (κ3) is 3.59. The van der Waals surface area contributed by atoms with Gasteiger partial charge < -0.3 is 15.3 Å². The van der Waals surface area contributed by atoms with Crippen molar-refractivity contribution >= 4 is 23.4 Å². The van der Waals surface area contributed by atoms with Gasteiger partial charge in [0.05, 0.1) is 18.6 Å². The second-order valence-corrected chi connectivity index (χ2v) is 5.77. The van der Waals surface area contributed by atoms with Gasteiger partial charge in [0.15, 0.2) is 0 Å². The number of likely N-dealkylation sites (tertiary alicyclic amines) is 1. The number of rotatable bonds is 5. The first kappa shape index (κ1) is 16.8. The minimum atomic E-state index is -0.314. The number of aliphatic hydroxyl groups excluding tert-OH is 1. The summed E-state index contributed by atoms with van der Waals surface area (Å²) < 4.78 is 0. The van der Waals surface area contributed by atoms with Gasteiger partial charge in [0.1, 0.15) is 0 Å². The molecule has 1 aliphatic heterocycles. The van der Waals surface area contributed by atoms with Crippen molar-refractivity contribution in [3.8, 4) is 0 Å². The first-order chi connectivity index (χ1) is 10.6. The summed E-state index contributed by atoms with van der Waals surface area (Å²) in [6.45, 7) is 2.59. The zero-order valence-electron chi connectivity index (χ0n) is 12.6. The molecule has 22 heavy (non-hydrogen) atoms. The average molecular weight is 325 g/mol. The van der Waals surface area contributed by atoms with Crippen molar-refractivity contribution in [2.24, 2.45) is 5.92 Å². The highest BCUT2D eigenvalue weighted by Crippen LogP contribution is 2.37. The van der Waals surface area contributed by atoms with Crippen LogP contribution in [-0.4, -0.2) is 41.5 Å². The van der Waals surface area contributed by atoms with Gasteiger partial charge >= 0.3 is 0 Å². The molecule has 120 valence electrons. The molecule has 0 saturated carbocycles. The van der Waals surface area contributed by atoms with E-state index in [4.69, 9.17) is 16.7 Å². The Morgan fingerprint density at radius 2 is 2.09 bits per heavy atom. The Kier molecular flexibility index (Phi) is 5.80. The third-order valence-corrected chi connectivity index (χ3v) is 4.26. The normalized spacial score (nSPS) is 21.8.